The third-order valence-corrected chi connectivity index (χ3v) is 3.29. The smallest absolute Gasteiger partial charge is 0.131 e. The highest BCUT2D eigenvalue weighted by atomic mass is 32.1. The van der Waals surface area contributed by atoms with Crippen molar-refractivity contribution in [2.75, 3.05) is 0 Å². The molecule has 0 aliphatic carbocycles. The van der Waals surface area contributed by atoms with E-state index >= 15 is 0 Å². The lowest BCUT2D eigenvalue weighted by atomic mass is 10.1. The second kappa shape index (κ2) is 3.99. The monoisotopic (exact) mass is 218 g/mol. The summed E-state index contributed by atoms with van der Waals surface area (Å²) in [5.74, 6) is -0.214. The Morgan fingerprint density at radius 1 is 1.27 bits per heavy atom. The summed E-state index contributed by atoms with van der Waals surface area (Å²) in [6.45, 7) is 5.61. The molecule has 2 aromatic rings. The first-order chi connectivity index (χ1) is 7.20. The molecule has 0 bridgehead atoms. The van der Waals surface area contributed by atoms with Crippen molar-refractivity contribution in [1.29, 1.82) is 0 Å². The summed E-state index contributed by atoms with van der Waals surface area (Å²) in [6, 6.07) is 9.29. The van der Waals surface area contributed by atoms with Crippen LogP contribution in [0.25, 0.3) is 16.5 Å². The minimum Gasteiger partial charge on any atom is -0.206 e. The van der Waals surface area contributed by atoms with Crippen LogP contribution in [0.5, 0.6) is 0 Å². The van der Waals surface area contributed by atoms with Gasteiger partial charge < -0.3 is 0 Å². The Morgan fingerprint density at radius 3 is 2.60 bits per heavy atom. The highest BCUT2D eigenvalue weighted by molar-refractivity contribution is 7.15. The maximum Gasteiger partial charge on any atom is 0.131 e. The van der Waals surface area contributed by atoms with Crippen LogP contribution < -0.4 is 0 Å². The fraction of sp³-hybridized carbons (Fsp3) is 0.0769. The maximum atomic E-state index is 13.5. The molecule has 0 aliphatic heterocycles. The fourth-order valence-electron chi connectivity index (χ4n) is 1.44. The molecule has 0 atom stereocenters. The zero-order valence-corrected chi connectivity index (χ0v) is 9.27. The van der Waals surface area contributed by atoms with Crippen molar-refractivity contribution >= 4 is 17.4 Å². The van der Waals surface area contributed by atoms with E-state index in [1.165, 1.54) is 11.0 Å². The lowest BCUT2D eigenvalue weighted by Crippen LogP contribution is -1.82. The van der Waals surface area contributed by atoms with Crippen LogP contribution in [0.4, 0.5) is 4.39 Å². The quantitative estimate of drug-likeness (QED) is 0.696. The van der Waals surface area contributed by atoms with Crippen molar-refractivity contribution in [3.05, 3.63) is 53.2 Å². The second-order valence-electron chi connectivity index (χ2n) is 3.35. The minimum absolute atomic E-state index is 0.214. The average Bonchev–Trinajstić information content (AvgIpc) is 2.65. The van der Waals surface area contributed by atoms with E-state index in [4.69, 9.17) is 0 Å². The van der Waals surface area contributed by atoms with E-state index in [0.29, 0.717) is 5.56 Å². The molecular formula is C13H11FS. The molecule has 0 nitrogen and oxygen atoms in total. The Hall–Kier alpha value is -1.41. The Balaban J connectivity index is 2.46. The molecule has 1 aromatic heterocycles. The standard InChI is InChI=1S/C13H11FS/c1-3-10-5-6-11(8-12(10)14)13-7-4-9(2)15-13/h3-8H,1H2,2H3. The summed E-state index contributed by atoms with van der Waals surface area (Å²) < 4.78 is 13.5. The van der Waals surface area contributed by atoms with Gasteiger partial charge in [-0.05, 0) is 30.7 Å². The first kappa shape index (κ1) is 10.1. The molecule has 2 heteroatoms. The highest BCUT2D eigenvalue weighted by Crippen LogP contribution is 2.28. The van der Waals surface area contributed by atoms with E-state index in [-0.39, 0.29) is 5.82 Å². The second-order valence-corrected chi connectivity index (χ2v) is 4.64. The third-order valence-electron chi connectivity index (χ3n) is 2.25. The van der Waals surface area contributed by atoms with Crippen LogP contribution in [0.2, 0.25) is 0 Å². The molecule has 0 amide bonds. The van der Waals surface area contributed by atoms with Gasteiger partial charge in [-0.2, -0.15) is 0 Å². The number of thiophene rings is 1. The predicted molar refractivity (Wildman–Crippen MR) is 64.5 cm³/mol. The van der Waals surface area contributed by atoms with Crippen molar-refractivity contribution in [3.8, 4) is 10.4 Å². The zero-order valence-electron chi connectivity index (χ0n) is 8.46. The Kier molecular flexibility index (Phi) is 2.69. The normalized spacial score (nSPS) is 10.3. The summed E-state index contributed by atoms with van der Waals surface area (Å²) in [5.41, 5.74) is 1.48. The van der Waals surface area contributed by atoms with Crippen LogP contribution in [0, 0.1) is 12.7 Å². The zero-order chi connectivity index (χ0) is 10.8. The molecule has 0 fully saturated rings. The lowest BCUT2D eigenvalue weighted by molar-refractivity contribution is 0.625. The van der Waals surface area contributed by atoms with Gasteiger partial charge in [0.25, 0.3) is 0 Å². The molecule has 2 rings (SSSR count). The maximum absolute atomic E-state index is 13.5. The van der Waals surface area contributed by atoms with Gasteiger partial charge in [0, 0.05) is 15.3 Å². The molecule has 76 valence electrons. The molecule has 0 N–H and O–H groups in total. The van der Waals surface area contributed by atoms with Gasteiger partial charge in [-0.25, -0.2) is 4.39 Å². The molecule has 1 aromatic carbocycles. The third kappa shape index (κ3) is 2.00. The molecule has 0 unspecified atom stereocenters. The van der Waals surface area contributed by atoms with Crippen LogP contribution in [-0.4, -0.2) is 0 Å². The Labute approximate surface area is 92.7 Å². The van der Waals surface area contributed by atoms with Gasteiger partial charge in [-0.15, -0.1) is 11.3 Å². The van der Waals surface area contributed by atoms with Crippen molar-refractivity contribution in [3.63, 3.8) is 0 Å². The minimum atomic E-state index is -0.214. The van der Waals surface area contributed by atoms with Gasteiger partial charge in [-0.1, -0.05) is 24.8 Å². The molecular weight excluding hydrogens is 207 g/mol. The number of rotatable bonds is 2. The molecule has 0 radical (unpaired) electrons. The highest BCUT2D eigenvalue weighted by Gasteiger charge is 2.04. The van der Waals surface area contributed by atoms with Gasteiger partial charge in [-0.3, -0.25) is 0 Å². The molecule has 0 aliphatic rings. The van der Waals surface area contributed by atoms with Crippen molar-refractivity contribution < 1.29 is 4.39 Å². The number of benzene rings is 1. The van der Waals surface area contributed by atoms with Crippen molar-refractivity contribution in [2.45, 2.75) is 6.92 Å². The van der Waals surface area contributed by atoms with Gasteiger partial charge in [0.2, 0.25) is 0 Å². The van der Waals surface area contributed by atoms with E-state index in [1.54, 1.807) is 23.5 Å². The van der Waals surface area contributed by atoms with Gasteiger partial charge in [0.05, 0.1) is 0 Å². The van der Waals surface area contributed by atoms with E-state index < -0.39 is 0 Å². The Morgan fingerprint density at radius 2 is 2.07 bits per heavy atom. The average molecular weight is 218 g/mol. The lowest BCUT2D eigenvalue weighted by Gasteiger charge is -2.00. The predicted octanol–water partition coefficient (Wildman–Crippen LogP) is 4.51. The van der Waals surface area contributed by atoms with Gasteiger partial charge in [0.15, 0.2) is 0 Å². The van der Waals surface area contributed by atoms with Crippen LogP contribution >= 0.6 is 11.3 Å². The van der Waals surface area contributed by atoms with E-state index in [2.05, 4.69) is 6.58 Å². The summed E-state index contributed by atoms with van der Waals surface area (Å²) in [7, 11) is 0. The van der Waals surface area contributed by atoms with Crippen LogP contribution in [-0.2, 0) is 0 Å². The largest absolute Gasteiger partial charge is 0.206 e. The Bertz CT molecular complexity index is 497. The summed E-state index contributed by atoms with van der Waals surface area (Å²) in [4.78, 5) is 2.33. The molecule has 0 saturated carbocycles. The summed E-state index contributed by atoms with van der Waals surface area (Å²) in [5, 5.41) is 0. The van der Waals surface area contributed by atoms with Gasteiger partial charge in [0.1, 0.15) is 5.82 Å². The first-order valence-electron chi connectivity index (χ1n) is 4.69. The van der Waals surface area contributed by atoms with Crippen molar-refractivity contribution in [1.82, 2.24) is 0 Å². The SMILES string of the molecule is C=Cc1ccc(-c2ccc(C)s2)cc1F. The fourth-order valence-corrected chi connectivity index (χ4v) is 2.30. The number of aryl methyl sites for hydroxylation is 1. The molecule has 0 spiro atoms. The van der Waals surface area contributed by atoms with E-state index in [9.17, 15) is 4.39 Å². The molecule has 0 saturated heterocycles. The van der Waals surface area contributed by atoms with E-state index in [1.807, 2.05) is 25.1 Å². The number of hydrogen-bond acceptors (Lipinski definition) is 1. The molecule has 1 heterocycles. The van der Waals surface area contributed by atoms with E-state index in [0.717, 1.165) is 10.4 Å². The number of halogens is 1. The van der Waals surface area contributed by atoms with Crippen LogP contribution in [0.15, 0.2) is 36.9 Å². The van der Waals surface area contributed by atoms with Crippen LogP contribution in [0.3, 0.4) is 0 Å². The number of hydrogen-bond donors (Lipinski definition) is 0. The summed E-state index contributed by atoms with van der Waals surface area (Å²) >= 11 is 1.67. The van der Waals surface area contributed by atoms with Crippen molar-refractivity contribution in [2.24, 2.45) is 0 Å². The summed E-state index contributed by atoms with van der Waals surface area (Å²) in [6.07, 6.45) is 1.53. The molecule has 15 heavy (non-hydrogen) atoms. The topological polar surface area (TPSA) is 0 Å². The van der Waals surface area contributed by atoms with Gasteiger partial charge >= 0.3 is 0 Å². The first-order valence-corrected chi connectivity index (χ1v) is 5.51. The van der Waals surface area contributed by atoms with Crippen LogP contribution in [0.1, 0.15) is 10.4 Å².